The van der Waals surface area contributed by atoms with Gasteiger partial charge in [0.15, 0.2) is 11.6 Å². The standard InChI is InChI=1S/C7H11IO2/c1-3-5(9)7(8)6(10)4-2/h7H,3-4H2,1-2H3. The Kier molecular flexibility index (Phi) is 4.85. The molecule has 0 aromatic heterocycles. The van der Waals surface area contributed by atoms with E-state index in [0.717, 1.165) is 0 Å². The first-order valence-electron chi connectivity index (χ1n) is 3.33. The Labute approximate surface area is 74.5 Å². The molecule has 0 aliphatic carbocycles. The first kappa shape index (κ1) is 10.1. The Balaban J connectivity index is 3.94. The minimum absolute atomic E-state index is 0.0347. The fraction of sp³-hybridized carbons (Fsp3) is 0.714. The summed E-state index contributed by atoms with van der Waals surface area (Å²) in [5.74, 6) is 0.0694. The highest BCUT2D eigenvalue weighted by molar-refractivity contribution is 14.1. The lowest BCUT2D eigenvalue weighted by molar-refractivity contribution is -0.125. The van der Waals surface area contributed by atoms with Gasteiger partial charge >= 0.3 is 0 Å². The molecule has 0 saturated heterocycles. The van der Waals surface area contributed by atoms with E-state index in [9.17, 15) is 9.59 Å². The molecule has 0 spiro atoms. The number of ketones is 2. The second-order valence-corrected chi connectivity index (χ2v) is 3.25. The molecular weight excluding hydrogens is 243 g/mol. The van der Waals surface area contributed by atoms with Gasteiger partial charge in [-0.2, -0.15) is 0 Å². The van der Waals surface area contributed by atoms with Gasteiger partial charge in [0.05, 0.1) is 0 Å². The van der Waals surface area contributed by atoms with Gasteiger partial charge in [-0.3, -0.25) is 9.59 Å². The van der Waals surface area contributed by atoms with Crippen LogP contribution in [0.5, 0.6) is 0 Å². The fourth-order valence-electron chi connectivity index (χ4n) is 0.538. The summed E-state index contributed by atoms with van der Waals surface area (Å²) in [5, 5.41) is 0. The van der Waals surface area contributed by atoms with Crippen molar-refractivity contribution >= 4 is 34.2 Å². The quantitative estimate of drug-likeness (QED) is 0.435. The zero-order chi connectivity index (χ0) is 8.15. The van der Waals surface area contributed by atoms with Crippen molar-refractivity contribution in [2.75, 3.05) is 0 Å². The SMILES string of the molecule is CCC(=O)C(I)C(=O)CC. The first-order chi connectivity index (χ1) is 4.63. The maximum absolute atomic E-state index is 10.9. The van der Waals surface area contributed by atoms with Crippen LogP contribution in [0.25, 0.3) is 0 Å². The second-order valence-electron chi connectivity index (χ2n) is 2.00. The van der Waals surface area contributed by atoms with Crippen LogP contribution in [0.15, 0.2) is 0 Å². The molecule has 10 heavy (non-hydrogen) atoms. The minimum Gasteiger partial charge on any atom is -0.298 e. The summed E-state index contributed by atoms with van der Waals surface area (Å²) in [4.78, 5) is 21.8. The Morgan fingerprint density at radius 1 is 1.20 bits per heavy atom. The molecular formula is C7H11IO2. The summed E-state index contributed by atoms with van der Waals surface area (Å²) in [5.41, 5.74) is 0. The van der Waals surface area contributed by atoms with Crippen molar-refractivity contribution in [2.24, 2.45) is 0 Å². The van der Waals surface area contributed by atoms with E-state index in [1.165, 1.54) is 0 Å². The van der Waals surface area contributed by atoms with Gasteiger partial charge in [-0.05, 0) is 0 Å². The van der Waals surface area contributed by atoms with Crippen LogP contribution in [0.4, 0.5) is 0 Å². The highest BCUT2D eigenvalue weighted by Crippen LogP contribution is 2.07. The Morgan fingerprint density at radius 3 is 1.70 bits per heavy atom. The van der Waals surface area contributed by atoms with E-state index in [1.54, 1.807) is 13.8 Å². The Bertz CT molecular complexity index is 127. The van der Waals surface area contributed by atoms with Crippen molar-refractivity contribution in [3.63, 3.8) is 0 Å². The van der Waals surface area contributed by atoms with Gasteiger partial charge in [0.2, 0.25) is 0 Å². The molecule has 0 aromatic carbocycles. The molecule has 0 atom stereocenters. The predicted molar refractivity (Wildman–Crippen MR) is 48.4 cm³/mol. The third-order valence-electron chi connectivity index (χ3n) is 1.26. The Hall–Kier alpha value is 0.0700. The van der Waals surface area contributed by atoms with Crippen molar-refractivity contribution < 1.29 is 9.59 Å². The van der Waals surface area contributed by atoms with Gasteiger partial charge in [-0.1, -0.05) is 36.4 Å². The van der Waals surface area contributed by atoms with Gasteiger partial charge in [0.25, 0.3) is 0 Å². The lowest BCUT2D eigenvalue weighted by Crippen LogP contribution is -2.22. The first-order valence-corrected chi connectivity index (χ1v) is 4.57. The number of alkyl halides is 1. The molecule has 58 valence electrons. The molecule has 0 radical (unpaired) electrons. The molecule has 0 rings (SSSR count). The molecule has 0 aliphatic rings. The third kappa shape index (κ3) is 2.77. The number of hydrogen-bond donors (Lipinski definition) is 0. The maximum atomic E-state index is 10.9. The van der Waals surface area contributed by atoms with Crippen LogP contribution in [0.3, 0.4) is 0 Å². The monoisotopic (exact) mass is 254 g/mol. The van der Waals surface area contributed by atoms with E-state index in [2.05, 4.69) is 0 Å². The maximum Gasteiger partial charge on any atom is 0.152 e. The van der Waals surface area contributed by atoms with Gasteiger partial charge in [-0.15, -0.1) is 0 Å². The number of halogens is 1. The molecule has 0 heterocycles. The predicted octanol–water partition coefficient (Wildman–Crippen LogP) is 1.75. The summed E-state index contributed by atoms with van der Waals surface area (Å²) in [7, 11) is 0. The van der Waals surface area contributed by atoms with Crippen LogP contribution >= 0.6 is 22.6 Å². The van der Waals surface area contributed by atoms with Crippen LogP contribution < -0.4 is 0 Å². The van der Waals surface area contributed by atoms with Crippen LogP contribution in [-0.4, -0.2) is 15.5 Å². The molecule has 0 bridgehead atoms. The number of Topliss-reactive ketones (excluding diaryl/α,β-unsaturated/α-hetero) is 2. The molecule has 0 N–H and O–H groups in total. The summed E-state index contributed by atoms with van der Waals surface area (Å²) in [6, 6.07) is 0. The number of rotatable bonds is 4. The van der Waals surface area contributed by atoms with Gasteiger partial charge in [-0.25, -0.2) is 0 Å². The topological polar surface area (TPSA) is 34.1 Å². The summed E-state index contributed by atoms with van der Waals surface area (Å²) in [6.45, 7) is 3.55. The summed E-state index contributed by atoms with van der Waals surface area (Å²) < 4.78 is -0.410. The van der Waals surface area contributed by atoms with Gasteiger partial charge in [0.1, 0.15) is 3.92 Å². The van der Waals surface area contributed by atoms with Crippen LogP contribution in [0.2, 0.25) is 0 Å². The van der Waals surface area contributed by atoms with E-state index in [1.807, 2.05) is 22.6 Å². The minimum atomic E-state index is -0.410. The molecule has 2 nitrogen and oxygen atoms in total. The molecule has 3 heteroatoms. The highest BCUT2D eigenvalue weighted by atomic mass is 127. The van der Waals surface area contributed by atoms with Crippen LogP contribution in [0.1, 0.15) is 26.7 Å². The van der Waals surface area contributed by atoms with Crippen LogP contribution in [-0.2, 0) is 9.59 Å². The van der Waals surface area contributed by atoms with Crippen molar-refractivity contribution in [1.82, 2.24) is 0 Å². The van der Waals surface area contributed by atoms with E-state index < -0.39 is 3.92 Å². The zero-order valence-electron chi connectivity index (χ0n) is 6.19. The molecule has 0 aliphatic heterocycles. The fourth-order valence-corrected chi connectivity index (χ4v) is 1.42. The lowest BCUT2D eigenvalue weighted by Gasteiger charge is -2.02. The average Bonchev–Trinajstić information content (AvgIpc) is 2.00. The Morgan fingerprint density at radius 2 is 1.50 bits per heavy atom. The van der Waals surface area contributed by atoms with E-state index in [4.69, 9.17) is 0 Å². The normalized spacial score (nSPS) is 10.0. The van der Waals surface area contributed by atoms with Crippen molar-refractivity contribution in [3.8, 4) is 0 Å². The number of carbonyl (C=O) groups excluding carboxylic acids is 2. The second kappa shape index (κ2) is 4.82. The van der Waals surface area contributed by atoms with Gasteiger partial charge in [0, 0.05) is 12.8 Å². The number of hydrogen-bond acceptors (Lipinski definition) is 2. The van der Waals surface area contributed by atoms with Crippen LogP contribution in [0, 0.1) is 0 Å². The largest absolute Gasteiger partial charge is 0.298 e. The van der Waals surface area contributed by atoms with E-state index >= 15 is 0 Å². The lowest BCUT2D eigenvalue weighted by atomic mass is 10.1. The number of carbonyl (C=O) groups is 2. The summed E-state index contributed by atoms with van der Waals surface area (Å²) in [6.07, 6.45) is 0.915. The van der Waals surface area contributed by atoms with Crippen molar-refractivity contribution in [1.29, 1.82) is 0 Å². The van der Waals surface area contributed by atoms with Crippen molar-refractivity contribution in [2.45, 2.75) is 30.6 Å². The van der Waals surface area contributed by atoms with E-state index in [0.29, 0.717) is 12.8 Å². The molecule has 0 fully saturated rings. The highest BCUT2D eigenvalue weighted by Gasteiger charge is 2.18. The smallest absolute Gasteiger partial charge is 0.152 e. The molecule has 0 amide bonds. The molecule has 0 saturated carbocycles. The molecule has 0 unspecified atom stereocenters. The van der Waals surface area contributed by atoms with Crippen molar-refractivity contribution in [3.05, 3.63) is 0 Å². The summed E-state index contributed by atoms with van der Waals surface area (Å²) >= 11 is 1.89. The van der Waals surface area contributed by atoms with Gasteiger partial charge < -0.3 is 0 Å². The van der Waals surface area contributed by atoms with E-state index in [-0.39, 0.29) is 11.6 Å². The zero-order valence-corrected chi connectivity index (χ0v) is 8.34. The average molecular weight is 254 g/mol. The third-order valence-corrected chi connectivity index (χ3v) is 2.65. The molecule has 0 aromatic rings.